The van der Waals surface area contributed by atoms with E-state index in [4.69, 9.17) is 0 Å². The van der Waals surface area contributed by atoms with Gasteiger partial charge in [-0.15, -0.1) is 0 Å². The van der Waals surface area contributed by atoms with Crippen molar-refractivity contribution in [3.05, 3.63) is 95.6 Å². The predicted molar refractivity (Wildman–Crippen MR) is 99.4 cm³/mol. The molecule has 3 rings (SSSR count). The molecule has 0 bridgehead atoms. The van der Waals surface area contributed by atoms with Gasteiger partial charge in [0.2, 0.25) is 0 Å². The molecule has 24 heavy (non-hydrogen) atoms. The molecule has 0 heterocycles. The third kappa shape index (κ3) is 4.46. The number of nitrogens with one attached hydrogen (secondary N) is 2. The van der Waals surface area contributed by atoms with Crippen LogP contribution in [0.4, 0.5) is 11.4 Å². The van der Waals surface area contributed by atoms with Crippen LogP contribution in [0.1, 0.15) is 21.5 Å². The molecule has 0 fully saturated rings. The lowest BCUT2D eigenvalue weighted by molar-refractivity contribution is 0.112. The van der Waals surface area contributed by atoms with E-state index in [1.807, 2.05) is 36.4 Å². The molecule has 0 radical (unpaired) electrons. The summed E-state index contributed by atoms with van der Waals surface area (Å²) in [5, 5.41) is 6.74. The van der Waals surface area contributed by atoms with Gasteiger partial charge in [-0.05, 0) is 35.4 Å². The fourth-order valence-electron chi connectivity index (χ4n) is 2.46. The molecular weight excluding hydrogens is 296 g/mol. The molecule has 2 N–H and O–H groups in total. The fraction of sp³-hybridized carbons (Fsp3) is 0.0952. The summed E-state index contributed by atoms with van der Waals surface area (Å²) in [4.78, 5) is 10.8. The SMILES string of the molecule is O=Cc1cccc(NCc2ccc(CNc3ccccc3)cc2)c1. The number of para-hydroxylation sites is 1. The van der Waals surface area contributed by atoms with Crippen molar-refractivity contribution in [1.29, 1.82) is 0 Å². The Bertz CT molecular complexity index is 782. The third-order valence-electron chi connectivity index (χ3n) is 3.81. The molecule has 0 aliphatic carbocycles. The quantitative estimate of drug-likeness (QED) is 0.620. The van der Waals surface area contributed by atoms with E-state index in [-0.39, 0.29) is 0 Å². The van der Waals surface area contributed by atoms with Crippen LogP contribution in [0.5, 0.6) is 0 Å². The van der Waals surface area contributed by atoms with Crippen molar-refractivity contribution in [3.63, 3.8) is 0 Å². The number of carbonyl (C=O) groups is 1. The zero-order chi connectivity index (χ0) is 16.6. The number of benzene rings is 3. The molecule has 3 heteroatoms. The Morgan fingerprint density at radius 1 is 0.667 bits per heavy atom. The van der Waals surface area contributed by atoms with Crippen LogP contribution in [0, 0.1) is 0 Å². The molecule has 3 aromatic carbocycles. The summed E-state index contributed by atoms with van der Waals surface area (Å²) in [6.45, 7) is 1.54. The molecule has 0 atom stereocenters. The van der Waals surface area contributed by atoms with Crippen LogP contribution in [0.15, 0.2) is 78.9 Å². The van der Waals surface area contributed by atoms with Gasteiger partial charge in [-0.25, -0.2) is 0 Å². The second-order valence-electron chi connectivity index (χ2n) is 5.63. The van der Waals surface area contributed by atoms with Crippen LogP contribution in [0.2, 0.25) is 0 Å². The third-order valence-corrected chi connectivity index (χ3v) is 3.81. The van der Waals surface area contributed by atoms with Crippen LogP contribution >= 0.6 is 0 Å². The Morgan fingerprint density at radius 2 is 1.25 bits per heavy atom. The van der Waals surface area contributed by atoms with Crippen molar-refractivity contribution in [1.82, 2.24) is 0 Å². The maximum atomic E-state index is 10.8. The molecule has 0 aromatic heterocycles. The van der Waals surface area contributed by atoms with Gasteiger partial charge in [0.25, 0.3) is 0 Å². The first-order chi connectivity index (χ1) is 11.8. The molecule has 3 nitrogen and oxygen atoms in total. The Morgan fingerprint density at radius 3 is 1.88 bits per heavy atom. The van der Waals surface area contributed by atoms with E-state index in [0.717, 1.165) is 30.8 Å². The van der Waals surface area contributed by atoms with E-state index in [1.165, 1.54) is 11.1 Å². The molecule has 0 unspecified atom stereocenters. The highest BCUT2D eigenvalue weighted by Gasteiger charge is 1.98. The summed E-state index contributed by atoms with van der Waals surface area (Å²) in [6, 6.07) is 26.2. The van der Waals surface area contributed by atoms with Gasteiger partial charge in [-0.2, -0.15) is 0 Å². The van der Waals surface area contributed by atoms with E-state index in [1.54, 1.807) is 6.07 Å². The Labute approximate surface area is 142 Å². The average molecular weight is 316 g/mol. The number of hydrogen-bond acceptors (Lipinski definition) is 3. The van der Waals surface area contributed by atoms with E-state index in [2.05, 4.69) is 47.0 Å². The van der Waals surface area contributed by atoms with Crippen LogP contribution in [0.3, 0.4) is 0 Å². The van der Waals surface area contributed by atoms with Gasteiger partial charge in [0.1, 0.15) is 6.29 Å². The zero-order valence-electron chi connectivity index (χ0n) is 13.4. The minimum atomic E-state index is 0.683. The first-order valence-corrected chi connectivity index (χ1v) is 7.99. The second kappa shape index (κ2) is 7.97. The molecule has 0 spiro atoms. The Hall–Kier alpha value is -3.07. The highest BCUT2D eigenvalue weighted by atomic mass is 16.1. The van der Waals surface area contributed by atoms with Gasteiger partial charge in [0.05, 0.1) is 0 Å². The summed E-state index contributed by atoms with van der Waals surface area (Å²) >= 11 is 0. The topological polar surface area (TPSA) is 41.1 Å². The summed E-state index contributed by atoms with van der Waals surface area (Å²) < 4.78 is 0. The van der Waals surface area contributed by atoms with Gasteiger partial charge < -0.3 is 10.6 Å². The second-order valence-corrected chi connectivity index (χ2v) is 5.63. The van der Waals surface area contributed by atoms with Crippen LogP contribution in [0.25, 0.3) is 0 Å². The van der Waals surface area contributed by atoms with Crippen molar-refractivity contribution in [2.45, 2.75) is 13.1 Å². The predicted octanol–water partition coefficient (Wildman–Crippen LogP) is 4.72. The van der Waals surface area contributed by atoms with Crippen molar-refractivity contribution in [2.24, 2.45) is 0 Å². The standard InChI is InChI=1S/C21H20N2O/c24-16-19-5-4-8-21(13-19)23-15-18-11-9-17(10-12-18)14-22-20-6-2-1-3-7-20/h1-13,16,22-23H,14-15H2. The number of anilines is 2. The zero-order valence-corrected chi connectivity index (χ0v) is 13.4. The molecule has 0 aliphatic heterocycles. The molecule has 3 aromatic rings. The minimum absolute atomic E-state index is 0.683. The maximum absolute atomic E-state index is 10.8. The smallest absolute Gasteiger partial charge is 0.150 e. The minimum Gasteiger partial charge on any atom is -0.381 e. The molecule has 0 saturated heterocycles. The maximum Gasteiger partial charge on any atom is 0.150 e. The van der Waals surface area contributed by atoms with Gasteiger partial charge in [0, 0.05) is 30.0 Å². The first kappa shape index (κ1) is 15.8. The fourth-order valence-corrected chi connectivity index (χ4v) is 2.46. The van der Waals surface area contributed by atoms with Crippen LogP contribution in [-0.4, -0.2) is 6.29 Å². The van der Waals surface area contributed by atoms with Crippen LogP contribution < -0.4 is 10.6 Å². The lowest BCUT2D eigenvalue weighted by Crippen LogP contribution is -2.02. The lowest BCUT2D eigenvalue weighted by Gasteiger charge is -2.09. The van der Waals surface area contributed by atoms with Crippen molar-refractivity contribution in [3.8, 4) is 0 Å². The monoisotopic (exact) mass is 316 g/mol. The van der Waals surface area contributed by atoms with Crippen molar-refractivity contribution < 1.29 is 4.79 Å². The van der Waals surface area contributed by atoms with Crippen molar-refractivity contribution >= 4 is 17.7 Å². The highest BCUT2D eigenvalue weighted by Crippen LogP contribution is 2.13. The molecule has 0 amide bonds. The van der Waals surface area contributed by atoms with E-state index in [9.17, 15) is 4.79 Å². The average Bonchev–Trinajstić information content (AvgIpc) is 2.66. The number of carbonyl (C=O) groups excluding carboxylic acids is 1. The van der Waals surface area contributed by atoms with E-state index >= 15 is 0 Å². The summed E-state index contributed by atoms with van der Waals surface area (Å²) in [5.41, 5.74) is 5.20. The largest absolute Gasteiger partial charge is 0.381 e. The van der Waals surface area contributed by atoms with Crippen molar-refractivity contribution in [2.75, 3.05) is 10.6 Å². The van der Waals surface area contributed by atoms with Gasteiger partial charge in [-0.3, -0.25) is 4.79 Å². The summed E-state index contributed by atoms with van der Waals surface area (Å²) in [7, 11) is 0. The van der Waals surface area contributed by atoms with Gasteiger partial charge in [0.15, 0.2) is 0 Å². The first-order valence-electron chi connectivity index (χ1n) is 7.99. The van der Waals surface area contributed by atoms with E-state index in [0.29, 0.717) is 5.56 Å². The number of hydrogen-bond donors (Lipinski definition) is 2. The summed E-state index contributed by atoms with van der Waals surface area (Å²) in [5.74, 6) is 0. The molecular formula is C21H20N2O. The summed E-state index contributed by atoms with van der Waals surface area (Å²) in [6.07, 6.45) is 0.861. The molecule has 0 saturated carbocycles. The van der Waals surface area contributed by atoms with E-state index < -0.39 is 0 Å². The Kier molecular flexibility index (Phi) is 5.25. The van der Waals surface area contributed by atoms with Crippen LogP contribution in [-0.2, 0) is 13.1 Å². The van der Waals surface area contributed by atoms with Gasteiger partial charge >= 0.3 is 0 Å². The highest BCUT2D eigenvalue weighted by molar-refractivity contribution is 5.76. The normalized spacial score (nSPS) is 10.2. The molecule has 120 valence electrons. The molecule has 0 aliphatic rings. The lowest BCUT2D eigenvalue weighted by atomic mass is 10.1. The number of rotatable bonds is 7. The Balaban J connectivity index is 1.53. The number of aldehydes is 1. The van der Waals surface area contributed by atoms with Gasteiger partial charge in [-0.1, -0.05) is 54.6 Å².